The molecular weight excluding hydrogens is 431 g/mol. The molecule has 1 aromatic carbocycles. The first kappa shape index (κ1) is 19.7. The summed E-state index contributed by atoms with van der Waals surface area (Å²) in [6, 6.07) is 9.84. The number of guanidine groups is 1. The predicted octanol–water partition coefficient (Wildman–Crippen LogP) is 2.88. The maximum Gasteiger partial charge on any atom is 0.226 e. The van der Waals surface area contributed by atoms with Crippen LogP contribution in [0.1, 0.15) is 25.5 Å². The van der Waals surface area contributed by atoms with Crippen molar-refractivity contribution in [2.45, 2.75) is 32.4 Å². The third kappa shape index (κ3) is 5.43. The number of piperidine rings is 1. The van der Waals surface area contributed by atoms with Gasteiger partial charge in [-0.15, -0.1) is 24.0 Å². The van der Waals surface area contributed by atoms with Crippen LogP contribution in [0.25, 0.3) is 11.5 Å². The molecule has 3 rings (SSSR count). The molecule has 1 aliphatic heterocycles. The van der Waals surface area contributed by atoms with Gasteiger partial charge in [0.2, 0.25) is 5.89 Å². The van der Waals surface area contributed by atoms with E-state index in [4.69, 9.17) is 4.42 Å². The van der Waals surface area contributed by atoms with E-state index in [9.17, 15) is 5.11 Å². The van der Waals surface area contributed by atoms with Crippen LogP contribution in [0.3, 0.4) is 0 Å². The molecule has 0 unspecified atom stereocenters. The molecule has 0 amide bonds. The molecule has 0 saturated carbocycles. The Morgan fingerprint density at radius 1 is 1.32 bits per heavy atom. The fraction of sp³-hybridized carbons (Fsp3) is 0.444. The van der Waals surface area contributed by atoms with Gasteiger partial charge in [0.1, 0.15) is 12.0 Å². The Kier molecular flexibility index (Phi) is 7.70. The van der Waals surface area contributed by atoms with E-state index in [1.165, 1.54) is 0 Å². The second kappa shape index (κ2) is 9.76. The number of hydrogen-bond acceptors (Lipinski definition) is 4. The van der Waals surface area contributed by atoms with Gasteiger partial charge in [0.15, 0.2) is 5.96 Å². The zero-order valence-corrected chi connectivity index (χ0v) is 16.7. The number of aliphatic hydroxyl groups excluding tert-OH is 1. The minimum Gasteiger partial charge on any atom is -0.444 e. The third-order valence-electron chi connectivity index (χ3n) is 4.06. The van der Waals surface area contributed by atoms with Crippen molar-refractivity contribution in [2.24, 2.45) is 4.99 Å². The van der Waals surface area contributed by atoms with Crippen LogP contribution in [0.4, 0.5) is 0 Å². The van der Waals surface area contributed by atoms with Crippen molar-refractivity contribution < 1.29 is 9.52 Å². The number of likely N-dealkylation sites (tertiary alicyclic amines) is 1. The van der Waals surface area contributed by atoms with Gasteiger partial charge in [0.25, 0.3) is 0 Å². The summed E-state index contributed by atoms with van der Waals surface area (Å²) in [6.45, 7) is 4.98. The highest BCUT2D eigenvalue weighted by Crippen LogP contribution is 2.18. The number of aliphatic hydroxyl groups is 1. The van der Waals surface area contributed by atoms with Crippen molar-refractivity contribution in [1.82, 2.24) is 15.2 Å². The second-order valence-corrected chi connectivity index (χ2v) is 5.90. The Bertz CT molecular complexity index is 667. The summed E-state index contributed by atoms with van der Waals surface area (Å²) in [6.07, 6.45) is 3.04. The quantitative estimate of drug-likeness (QED) is 0.421. The van der Waals surface area contributed by atoms with E-state index < -0.39 is 0 Å². The van der Waals surface area contributed by atoms with E-state index in [2.05, 4.69) is 27.1 Å². The lowest BCUT2D eigenvalue weighted by Crippen LogP contribution is -2.46. The molecule has 6 nitrogen and oxygen atoms in total. The topological polar surface area (TPSA) is 73.9 Å². The number of hydrogen-bond donors (Lipinski definition) is 2. The molecule has 1 saturated heterocycles. The summed E-state index contributed by atoms with van der Waals surface area (Å²) in [5.41, 5.74) is 1.77. The van der Waals surface area contributed by atoms with Crippen LogP contribution in [0.2, 0.25) is 0 Å². The molecule has 1 aliphatic rings. The molecule has 0 aliphatic carbocycles. The van der Waals surface area contributed by atoms with Gasteiger partial charge >= 0.3 is 0 Å². The number of halogens is 1. The summed E-state index contributed by atoms with van der Waals surface area (Å²) < 4.78 is 5.56. The molecule has 2 heterocycles. The summed E-state index contributed by atoms with van der Waals surface area (Å²) in [5, 5.41) is 13.0. The van der Waals surface area contributed by atoms with Gasteiger partial charge < -0.3 is 19.7 Å². The Hall–Kier alpha value is -1.61. The van der Waals surface area contributed by atoms with E-state index in [0.29, 0.717) is 12.4 Å². The van der Waals surface area contributed by atoms with Gasteiger partial charge in [-0.1, -0.05) is 18.2 Å². The van der Waals surface area contributed by atoms with Crippen LogP contribution in [0.5, 0.6) is 0 Å². The van der Waals surface area contributed by atoms with Crippen molar-refractivity contribution in [3.8, 4) is 11.5 Å². The molecule has 7 heteroatoms. The number of benzene rings is 1. The van der Waals surface area contributed by atoms with E-state index in [1.807, 2.05) is 30.3 Å². The molecule has 1 aromatic heterocycles. The van der Waals surface area contributed by atoms with Gasteiger partial charge in [-0.2, -0.15) is 0 Å². The number of aromatic nitrogens is 1. The minimum atomic E-state index is -0.187. The first-order valence-electron chi connectivity index (χ1n) is 8.47. The van der Waals surface area contributed by atoms with Crippen molar-refractivity contribution in [3.05, 3.63) is 42.3 Å². The van der Waals surface area contributed by atoms with Crippen molar-refractivity contribution in [3.63, 3.8) is 0 Å². The smallest absolute Gasteiger partial charge is 0.226 e. The normalized spacial score (nSPS) is 15.8. The van der Waals surface area contributed by atoms with Crippen molar-refractivity contribution >= 4 is 29.9 Å². The van der Waals surface area contributed by atoms with Crippen LogP contribution in [-0.4, -0.2) is 46.7 Å². The average Bonchev–Trinajstić information content (AvgIpc) is 3.09. The third-order valence-corrected chi connectivity index (χ3v) is 4.06. The van der Waals surface area contributed by atoms with E-state index >= 15 is 0 Å². The summed E-state index contributed by atoms with van der Waals surface area (Å²) in [5.74, 6) is 1.49. The fourth-order valence-corrected chi connectivity index (χ4v) is 2.75. The lowest BCUT2D eigenvalue weighted by molar-refractivity contribution is 0.108. The highest BCUT2D eigenvalue weighted by molar-refractivity contribution is 14.0. The highest BCUT2D eigenvalue weighted by Gasteiger charge is 2.19. The van der Waals surface area contributed by atoms with Crippen LogP contribution in [0, 0.1) is 0 Å². The molecule has 2 N–H and O–H groups in total. The average molecular weight is 456 g/mol. The molecule has 2 aromatic rings. The summed E-state index contributed by atoms with van der Waals surface area (Å²) in [4.78, 5) is 11.4. The van der Waals surface area contributed by atoms with E-state index in [-0.39, 0.29) is 30.1 Å². The zero-order valence-electron chi connectivity index (χ0n) is 14.4. The van der Waals surface area contributed by atoms with E-state index in [0.717, 1.165) is 49.7 Å². The molecular formula is C18H25IN4O2. The van der Waals surface area contributed by atoms with Crippen molar-refractivity contribution in [2.75, 3.05) is 19.6 Å². The molecule has 0 bridgehead atoms. The largest absolute Gasteiger partial charge is 0.444 e. The Morgan fingerprint density at radius 3 is 2.72 bits per heavy atom. The molecule has 0 atom stereocenters. The molecule has 1 fully saturated rings. The summed E-state index contributed by atoms with van der Waals surface area (Å²) in [7, 11) is 0. The standard InChI is InChI=1S/C18H24N4O2.HI/c1-2-19-18(22-10-8-16(23)9-11-22)20-12-15-13-24-17(21-15)14-6-4-3-5-7-14;/h3-7,13,16,23H,2,8-12H2,1H3,(H,19,20);1H. The first-order chi connectivity index (χ1) is 11.8. The van der Waals surface area contributed by atoms with Gasteiger partial charge in [-0.25, -0.2) is 9.98 Å². The van der Waals surface area contributed by atoms with Crippen molar-refractivity contribution in [1.29, 1.82) is 0 Å². The second-order valence-electron chi connectivity index (χ2n) is 5.90. The van der Waals surface area contributed by atoms with Gasteiger partial charge in [0, 0.05) is 25.2 Å². The van der Waals surface area contributed by atoms with Crippen LogP contribution >= 0.6 is 24.0 Å². The first-order valence-corrected chi connectivity index (χ1v) is 8.47. The number of nitrogens with zero attached hydrogens (tertiary/aromatic N) is 3. The molecule has 0 radical (unpaired) electrons. The SMILES string of the molecule is CCNC(=NCc1coc(-c2ccccc2)n1)N1CCC(O)CC1.I. The van der Waals surface area contributed by atoms with E-state index in [1.54, 1.807) is 6.26 Å². The van der Waals surface area contributed by atoms with Crippen LogP contribution < -0.4 is 5.32 Å². The summed E-state index contributed by atoms with van der Waals surface area (Å²) >= 11 is 0. The Morgan fingerprint density at radius 2 is 2.04 bits per heavy atom. The maximum atomic E-state index is 9.65. The number of aliphatic imine (C=N–C) groups is 1. The minimum absolute atomic E-state index is 0. The maximum absolute atomic E-state index is 9.65. The lowest BCUT2D eigenvalue weighted by Gasteiger charge is -2.32. The van der Waals surface area contributed by atoms with Gasteiger partial charge in [-0.3, -0.25) is 0 Å². The number of oxazole rings is 1. The van der Waals surface area contributed by atoms with Crippen LogP contribution in [-0.2, 0) is 6.54 Å². The molecule has 136 valence electrons. The zero-order chi connectivity index (χ0) is 16.8. The lowest BCUT2D eigenvalue weighted by atomic mass is 10.1. The molecule has 25 heavy (non-hydrogen) atoms. The number of rotatable bonds is 4. The Balaban J connectivity index is 0.00000225. The Labute approximate surface area is 165 Å². The fourth-order valence-electron chi connectivity index (χ4n) is 2.75. The molecule has 0 spiro atoms. The highest BCUT2D eigenvalue weighted by atomic mass is 127. The van der Waals surface area contributed by atoms with Gasteiger partial charge in [0.05, 0.1) is 12.6 Å². The van der Waals surface area contributed by atoms with Gasteiger partial charge in [-0.05, 0) is 31.9 Å². The number of nitrogens with one attached hydrogen (secondary N) is 1. The van der Waals surface area contributed by atoms with Crippen LogP contribution in [0.15, 0.2) is 46.0 Å². The predicted molar refractivity (Wildman–Crippen MR) is 109 cm³/mol. The monoisotopic (exact) mass is 456 g/mol.